The highest BCUT2D eigenvalue weighted by Gasteiger charge is 2.31. The van der Waals surface area contributed by atoms with Crippen molar-refractivity contribution in [2.75, 3.05) is 18.0 Å². The number of benzene rings is 2. The van der Waals surface area contributed by atoms with Gasteiger partial charge in [-0.2, -0.15) is 13.2 Å². The molecule has 2 N–H and O–H groups in total. The number of rotatable bonds is 5. The average Bonchev–Trinajstić information content (AvgIpc) is 3.01. The summed E-state index contributed by atoms with van der Waals surface area (Å²) in [5.41, 5.74) is 7.22. The number of carbonyl (C=O) groups excluding carboxylic acids is 1. The summed E-state index contributed by atoms with van der Waals surface area (Å²) in [5, 5.41) is 0. The molecule has 0 saturated carbocycles. The predicted molar refractivity (Wildman–Crippen MR) is 92.0 cm³/mol. The normalized spacial score (nSPS) is 17.5. The number of cyclic esters (lactones) is 1. The van der Waals surface area contributed by atoms with E-state index in [1.54, 1.807) is 6.07 Å². The standard InChI is InChI=1S/C19H19F3N2O2/c20-19(21,22)15-3-1-2-14(10-15)5-4-13-6-8-16(9-7-13)24-12-17(11-23)26-18(24)25/h1-3,6-10,17H,4-5,11-12,23H2. The molecule has 0 radical (unpaired) electrons. The highest BCUT2D eigenvalue weighted by molar-refractivity contribution is 5.89. The first-order chi connectivity index (χ1) is 12.4. The van der Waals surface area contributed by atoms with E-state index in [4.69, 9.17) is 10.5 Å². The van der Waals surface area contributed by atoms with E-state index in [0.717, 1.165) is 11.6 Å². The fourth-order valence-electron chi connectivity index (χ4n) is 2.89. The third kappa shape index (κ3) is 4.16. The van der Waals surface area contributed by atoms with Gasteiger partial charge in [0, 0.05) is 12.2 Å². The molecule has 1 fully saturated rings. The Morgan fingerprint density at radius 1 is 1.08 bits per heavy atom. The van der Waals surface area contributed by atoms with Crippen molar-refractivity contribution in [3.8, 4) is 0 Å². The maximum atomic E-state index is 12.8. The van der Waals surface area contributed by atoms with Crippen molar-refractivity contribution in [3.63, 3.8) is 0 Å². The molecule has 2 aromatic rings. The molecule has 1 atom stereocenters. The van der Waals surface area contributed by atoms with E-state index in [-0.39, 0.29) is 12.6 Å². The van der Waals surface area contributed by atoms with Gasteiger partial charge < -0.3 is 10.5 Å². The number of nitrogens with two attached hydrogens (primary N) is 1. The monoisotopic (exact) mass is 364 g/mol. The average molecular weight is 364 g/mol. The Hall–Kier alpha value is -2.54. The SMILES string of the molecule is NCC1CN(c2ccc(CCc3cccc(C(F)(F)F)c3)cc2)C(=O)O1. The van der Waals surface area contributed by atoms with Crippen molar-refractivity contribution in [3.05, 3.63) is 65.2 Å². The van der Waals surface area contributed by atoms with Crippen LogP contribution in [0.15, 0.2) is 48.5 Å². The lowest BCUT2D eigenvalue weighted by Gasteiger charge is -2.13. The zero-order valence-corrected chi connectivity index (χ0v) is 14.0. The van der Waals surface area contributed by atoms with Gasteiger partial charge in [0.15, 0.2) is 0 Å². The molecule has 7 heteroatoms. The zero-order chi connectivity index (χ0) is 18.7. The van der Waals surface area contributed by atoms with Crippen molar-refractivity contribution in [1.29, 1.82) is 0 Å². The molecule has 1 unspecified atom stereocenters. The first-order valence-corrected chi connectivity index (χ1v) is 8.30. The van der Waals surface area contributed by atoms with Crippen LogP contribution in [0.25, 0.3) is 0 Å². The number of aryl methyl sites for hydroxylation is 2. The molecule has 26 heavy (non-hydrogen) atoms. The van der Waals surface area contributed by atoms with E-state index in [0.29, 0.717) is 30.6 Å². The Kier molecular flexibility index (Phi) is 5.18. The lowest BCUT2D eigenvalue weighted by Crippen LogP contribution is -2.27. The number of hydrogen-bond donors (Lipinski definition) is 1. The summed E-state index contributed by atoms with van der Waals surface area (Å²) in [5.74, 6) is 0. The maximum absolute atomic E-state index is 12.8. The van der Waals surface area contributed by atoms with Crippen molar-refractivity contribution >= 4 is 11.8 Å². The van der Waals surface area contributed by atoms with Gasteiger partial charge in [0.2, 0.25) is 0 Å². The van der Waals surface area contributed by atoms with Crippen molar-refractivity contribution in [2.45, 2.75) is 25.1 Å². The van der Waals surface area contributed by atoms with E-state index in [1.165, 1.54) is 17.0 Å². The van der Waals surface area contributed by atoms with E-state index >= 15 is 0 Å². The van der Waals surface area contributed by atoms with Gasteiger partial charge >= 0.3 is 12.3 Å². The van der Waals surface area contributed by atoms with E-state index in [1.807, 2.05) is 24.3 Å². The van der Waals surface area contributed by atoms with Crippen molar-refractivity contribution in [2.24, 2.45) is 5.73 Å². The maximum Gasteiger partial charge on any atom is 0.416 e. The van der Waals surface area contributed by atoms with Crippen molar-refractivity contribution in [1.82, 2.24) is 0 Å². The van der Waals surface area contributed by atoms with Crippen LogP contribution in [-0.2, 0) is 23.8 Å². The van der Waals surface area contributed by atoms with Gasteiger partial charge in [0.1, 0.15) is 6.10 Å². The molecule has 1 amide bonds. The van der Waals surface area contributed by atoms with Gasteiger partial charge in [0.25, 0.3) is 0 Å². The summed E-state index contributed by atoms with van der Waals surface area (Å²) >= 11 is 0. The molecule has 1 saturated heterocycles. The van der Waals surface area contributed by atoms with E-state index in [2.05, 4.69) is 0 Å². The summed E-state index contributed by atoms with van der Waals surface area (Å²) < 4.78 is 43.4. The van der Waals surface area contributed by atoms with Gasteiger partial charge in [-0.3, -0.25) is 4.90 Å². The summed E-state index contributed by atoms with van der Waals surface area (Å²) in [4.78, 5) is 13.3. The Morgan fingerprint density at radius 3 is 2.38 bits per heavy atom. The van der Waals surface area contributed by atoms with Crippen LogP contribution in [0.2, 0.25) is 0 Å². The number of carbonyl (C=O) groups is 1. The largest absolute Gasteiger partial charge is 0.443 e. The van der Waals surface area contributed by atoms with E-state index < -0.39 is 17.8 Å². The highest BCUT2D eigenvalue weighted by atomic mass is 19.4. The minimum atomic E-state index is -4.33. The molecule has 0 aliphatic carbocycles. The molecule has 2 aromatic carbocycles. The third-order valence-electron chi connectivity index (χ3n) is 4.34. The zero-order valence-electron chi connectivity index (χ0n) is 14.0. The van der Waals surface area contributed by atoms with Crippen molar-refractivity contribution < 1.29 is 22.7 Å². The van der Waals surface area contributed by atoms with Gasteiger partial charge in [-0.15, -0.1) is 0 Å². The van der Waals surface area contributed by atoms with Crippen LogP contribution in [0.5, 0.6) is 0 Å². The lowest BCUT2D eigenvalue weighted by atomic mass is 10.0. The summed E-state index contributed by atoms with van der Waals surface area (Å²) in [6.45, 7) is 0.691. The second kappa shape index (κ2) is 7.37. The smallest absolute Gasteiger partial charge is 0.416 e. The Morgan fingerprint density at radius 2 is 1.77 bits per heavy atom. The van der Waals surface area contributed by atoms with Crippen LogP contribution >= 0.6 is 0 Å². The molecule has 1 aliphatic rings. The molecule has 4 nitrogen and oxygen atoms in total. The predicted octanol–water partition coefficient (Wildman–Crippen LogP) is 3.77. The fraction of sp³-hybridized carbons (Fsp3) is 0.316. The molecular weight excluding hydrogens is 345 g/mol. The lowest BCUT2D eigenvalue weighted by molar-refractivity contribution is -0.137. The second-order valence-electron chi connectivity index (χ2n) is 6.22. The molecular formula is C19H19F3N2O2. The minimum absolute atomic E-state index is 0.275. The number of hydrogen-bond acceptors (Lipinski definition) is 3. The minimum Gasteiger partial charge on any atom is -0.443 e. The van der Waals surface area contributed by atoms with Gasteiger partial charge in [-0.25, -0.2) is 4.79 Å². The molecule has 138 valence electrons. The van der Waals surface area contributed by atoms with Gasteiger partial charge in [-0.1, -0.05) is 30.3 Å². The van der Waals surface area contributed by atoms with Crippen LogP contribution in [0.1, 0.15) is 16.7 Å². The molecule has 0 spiro atoms. The summed E-state index contributed by atoms with van der Waals surface area (Å²) in [6, 6.07) is 12.7. The molecule has 3 rings (SSSR count). The fourth-order valence-corrected chi connectivity index (χ4v) is 2.89. The number of ether oxygens (including phenoxy) is 1. The van der Waals surface area contributed by atoms with Gasteiger partial charge in [-0.05, 0) is 42.2 Å². The van der Waals surface area contributed by atoms with Crippen LogP contribution in [-0.4, -0.2) is 25.3 Å². The van der Waals surface area contributed by atoms with Crippen LogP contribution in [0.4, 0.5) is 23.7 Å². The Balaban J connectivity index is 1.63. The molecule has 0 aromatic heterocycles. The second-order valence-corrected chi connectivity index (χ2v) is 6.22. The summed E-state index contributed by atoms with van der Waals surface area (Å²) in [6.07, 6.45) is -3.94. The van der Waals surface area contributed by atoms with Crippen LogP contribution in [0.3, 0.4) is 0 Å². The molecule has 1 aliphatic heterocycles. The quantitative estimate of drug-likeness (QED) is 0.879. The topological polar surface area (TPSA) is 55.6 Å². The highest BCUT2D eigenvalue weighted by Crippen LogP contribution is 2.30. The Labute approximate surface area is 149 Å². The van der Waals surface area contributed by atoms with Gasteiger partial charge in [0.05, 0.1) is 12.1 Å². The molecule has 0 bridgehead atoms. The third-order valence-corrected chi connectivity index (χ3v) is 4.34. The number of alkyl halides is 3. The van der Waals surface area contributed by atoms with Crippen LogP contribution < -0.4 is 10.6 Å². The molecule has 1 heterocycles. The van der Waals surface area contributed by atoms with Crippen LogP contribution in [0, 0.1) is 0 Å². The summed E-state index contributed by atoms with van der Waals surface area (Å²) in [7, 11) is 0. The number of nitrogens with zero attached hydrogens (tertiary/aromatic N) is 1. The number of anilines is 1. The number of halogens is 3. The first-order valence-electron chi connectivity index (χ1n) is 8.30. The number of amides is 1. The Bertz CT molecular complexity index is 775. The van der Waals surface area contributed by atoms with E-state index in [9.17, 15) is 18.0 Å². The first kappa shape index (κ1) is 18.3.